The highest BCUT2D eigenvalue weighted by atomic mass is 35.5. The molecule has 0 atom stereocenters. The number of aromatic nitrogens is 2. The summed E-state index contributed by atoms with van der Waals surface area (Å²) in [6.07, 6.45) is -3.76. The van der Waals surface area contributed by atoms with Gasteiger partial charge < -0.3 is 9.30 Å². The van der Waals surface area contributed by atoms with Crippen molar-refractivity contribution in [3.8, 4) is 5.75 Å². The molecule has 110 valence electrons. The van der Waals surface area contributed by atoms with Gasteiger partial charge in [0.25, 0.3) is 0 Å². The average Bonchev–Trinajstić information content (AvgIpc) is 2.75. The number of rotatable bonds is 5. The second-order valence-electron chi connectivity index (χ2n) is 4.16. The largest absolute Gasteiger partial charge is 0.497 e. The Labute approximate surface area is 117 Å². The number of halogens is 5. The summed E-state index contributed by atoms with van der Waals surface area (Å²) in [4.78, 5) is 4.05. The van der Waals surface area contributed by atoms with Crippen molar-refractivity contribution in [2.45, 2.75) is 24.8 Å². The van der Waals surface area contributed by atoms with E-state index in [0.717, 1.165) is 4.57 Å². The molecule has 0 aliphatic carbocycles. The minimum absolute atomic E-state index is 0.107. The van der Waals surface area contributed by atoms with E-state index in [1.807, 2.05) is 0 Å². The van der Waals surface area contributed by atoms with Gasteiger partial charge in [0.05, 0.1) is 30.6 Å². The summed E-state index contributed by atoms with van der Waals surface area (Å²) in [5, 5.41) is 0. The molecule has 0 spiro atoms. The number of hydrogen-bond acceptors (Lipinski definition) is 2. The molecule has 0 amide bonds. The third-order valence-electron chi connectivity index (χ3n) is 2.84. The van der Waals surface area contributed by atoms with Gasteiger partial charge in [-0.3, -0.25) is 0 Å². The highest BCUT2D eigenvalue weighted by Gasteiger charge is 2.41. The van der Waals surface area contributed by atoms with Crippen LogP contribution in [0.15, 0.2) is 18.2 Å². The molecule has 0 unspecified atom stereocenters. The van der Waals surface area contributed by atoms with Crippen LogP contribution in [0.25, 0.3) is 11.0 Å². The van der Waals surface area contributed by atoms with Crippen molar-refractivity contribution in [3.05, 3.63) is 24.0 Å². The number of hydrogen-bond donors (Lipinski definition) is 0. The van der Waals surface area contributed by atoms with Crippen LogP contribution in [-0.4, -0.2) is 29.0 Å². The third-order valence-corrected chi connectivity index (χ3v) is 3.08. The summed E-state index contributed by atoms with van der Waals surface area (Å²) < 4.78 is 57.2. The van der Waals surface area contributed by atoms with Crippen molar-refractivity contribution >= 4 is 22.6 Å². The first-order valence-electron chi connectivity index (χ1n) is 5.64. The van der Waals surface area contributed by atoms with Gasteiger partial charge in [0.2, 0.25) is 0 Å². The fraction of sp³-hybridized carbons (Fsp3) is 0.417. The van der Waals surface area contributed by atoms with E-state index >= 15 is 0 Å². The van der Waals surface area contributed by atoms with Gasteiger partial charge in [0.15, 0.2) is 0 Å². The van der Waals surface area contributed by atoms with E-state index in [0.29, 0.717) is 11.3 Å². The van der Waals surface area contributed by atoms with Crippen LogP contribution < -0.4 is 4.74 Å². The molecular weight excluding hydrogens is 300 g/mol. The Kier molecular flexibility index (Phi) is 4.08. The molecule has 0 bridgehead atoms. The maximum atomic E-state index is 13.3. The standard InChI is InChI=1S/C12H11ClF4N2O/c1-20-7-2-3-8-9(4-7)19(10(5-13)18-8)6-12(16,17)11(14)15/h2-4,11H,5-6H2,1H3. The lowest BCUT2D eigenvalue weighted by atomic mass is 10.2. The van der Waals surface area contributed by atoms with Crippen LogP contribution in [0.4, 0.5) is 17.6 Å². The van der Waals surface area contributed by atoms with Crippen LogP contribution in [0, 0.1) is 0 Å². The van der Waals surface area contributed by atoms with Gasteiger partial charge in [-0.05, 0) is 12.1 Å². The van der Waals surface area contributed by atoms with Crippen LogP contribution in [0.5, 0.6) is 5.75 Å². The van der Waals surface area contributed by atoms with Crippen LogP contribution >= 0.6 is 11.6 Å². The average molecular weight is 311 g/mol. The van der Waals surface area contributed by atoms with Crippen molar-refractivity contribution in [1.82, 2.24) is 9.55 Å². The Bertz CT molecular complexity index is 615. The zero-order valence-electron chi connectivity index (χ0n) is 10.4. The molecule has 20 heavy (non-hydrogen) atoms. The summed E-state index contributed by atoms with van der Waals surface area (Å²) in [5.74, 6) is -3.79. The van der Waals surface area contributed by atoms with E-state index < -0.39 is 18.9 Å². The lowest BCUT2D eigenvalue weighted by molar-refractivity contribution is -0.137. The minimum Gasteiger partial charge on any atom is -0.497 e. The molecule has 2 aromatic rings. The lowest BCUT2D eigenvalue weighted by Crippen LogP contribution is -2.32. The molecule has 0 saturated heterocycles. The number of alkyl halides is 5. The van der Waals surface area contributed by atoms with Crippen LogP contribution in [0.2, 0.25) is 0 Å². The Morgan fingerprint density at radius 1 is 1.40 bits per heavy atom. The van der Waals surface area contributed by atoms with Gasteiger partial charge in [-0.1, -0.05) is 0 Å². The van der Waals surface area contributed by atoms with Crippen molar-refractivity contribution in [1.29, 1.82) is 0 Å². The zero-order chi connectivity index (χ0) is 14.9. The molecule has 0 fully saturated rings. The van der Waals surface area contributed by atoms with E-state index in [1.165, 1.54) is 13.2 Å². The van der Waals surface area contributed by atoms with Crippen molar-refractivity contribution < 1.29 is 22.3 Å². The summed E-state index contributed by atoms with van der Waals surface area (Å²) in [5.41, 5.74) is 0.673. The second-order valence-corrected chi connectivity index (χ2v) is 4.43. The highest BCUT2D eigenvalue weighted by molar-refractivity contribution is 6.16. The number of benzene rings is 1. The normalized spacial score (nSPS) is 12.3. The van der Waals surface area contributed by atoms with Crippen molar-refractivity contribution in [2.24, 2.45) is 0 Å². The molecule has 0 saturated carbocycles. The number of imidazole rings is 1. The number of ether oxygens (including phenoxy) is 1. The van der Waals surface area contributed by atoms with Gasteiger partial charge >= 0.3 is 12.3 Å². The molecule has 0 N–H and O–H groups in total. The Morgan fingerprint density at radius 3 is 2.65 bits per heavy atom. The lowest BCUT2D eigenvalue weighted by Gasteiger charge is -2.17. The Morgan fingerprint density at radius 2 is 2.10 bits per heavy atom. The summed E-state index contributed by atoms with van der Waals surface area (Å²) in [7, 11) is 1.41. The van der Waals surface area contributed by atoms with Crippen molar-refractivity contribution in [2.75, 3.05) is 7.11 Å². The van der Waals surface area contributed by atoms with E-state index in [2.05, 4.69) is 4.98 Å². The molecule has 1 heterocycles. The van der Waals surface area contributed by atoms with E-state index in [-0.39, 0.29) is 17.2 Å². The van der Waals surface area contributed by atoms with Crippen LogP contribution in [0.1, 0.15) is 5.82 Å². The smallest absolute Gasteiger partial charge is 0.324 e. The van der Waals surface area contributed by atoms with Crippen molar-refractivity contribution in [3.63, 3.8) is 0 Å². The van der Waals surface area contributed by atoms with Crippen LogP contribution in [0.3, 0.4) is 0 Å². The van der Waals surface area contributed by atoms with Gasteiger partial charge in [0.1, 0.15) is 11.6 Å². The van der Waals surface area contributed by atoms with E-state index in [1.54, 1.807) is 12.1 Å². The van der Waals surface area contributed by atoms with Gasteiger partial charge in [0, 0.05) is 6.07 Å². The highest BCUT2D eigenvalue weighted by Crippen LogP contribution is 2.29. The molecular formula is C12H11ClF4N2O. The third kappa shape index (κ3) is 2.67. The summed E-state index contributed by atoms with van der Waals surface area (Å²) >= 11 is 5.64. The molecule has 0 radical (unpaired) electrons. The monoisotopic (exact) mass is 310 g/mol. The predicted octanol–water partition coefficient (Wildman–Crippen LogP) is 3.68. The van der Waals surface area contributed by atoms with E-state index in [4.69, 9.17) is 16.3 Å². The number of fused-ring (bicyclic) bond motifs is 1. The minimum atomic E-state index is -4.16. The Hall–Kier alpha value is -1.50. The quantitative estimate of drug-likeness (QED) is 0.622. The molecule has 1 aromatic carbocycles. The second kappa shape index (κ2) is 5.47. The Balaban J connectivity index is 2.54. The predicted molar refractivity (Wildman–Crippen MR) is 66.8 cm³/mol. The van der Waals surface area contributed by atoms with Crippen LogP contribution in [-0.2, 0) is 12.4 Å². The fourth-order valence-electron chi connectivity index (χ4n) is 1.84. The fourth-order valence-corrected chi connectivity index (χ4v) is 2.04. The first kappa shape index (κ1) is 14.9. The van der Waals surface area contributed by atoms with Gasteiger partial charge in [-0.15, -0.1) is 11.6 Å². The molecule has 0 aliphatic rings. The van der Waals surface area contributed by atoms with Gasteiger partial charge in [-0.2, -0.15) is 8.78 Å². The number of methoxy groups -OCH3 is 1. The molecule has 1 aromatic heterocycles. The number of nitrogens with zero attached hydrogens (tertiary/aromatic N) is 2. The topological polar surface area (TPSA) is 27.1 Å². The van der Waals surface area contributed by atoms with E-state index in [9.17, 15) is 17.6 Å². The first-order chi connectivity index (χ1) is 9.39. The van der Waals surface area contributed by atoms with Gasteiger partial charge in [-0.25, -0.2) is 13.8 Å². The molecule has 0 aliphatic heterocycles. The maximum absolute atomic E-state index is 13.3. The zero-order valence-corrected chi connectivity index (χ0v) is 11.2. The first-order valence-corrected chi connectivity index (χ1v) is 6.17. The summed E-state index contributed by atoms with van der Waals surface area (Å²) in [6, 6.07) is 4.62. The molecule has 2 rings (SSSR count). The maximum Gasteiger partial charge on any atom is 0.324 e. The molecule has 3 nitrogen and oxygen atoms in total. The SMILES string of the molecule is COc1ccc2nc(CCl)n(CC(F)(F)C(F)F)c2c1. The molecule has 8 heteroatoms. The summed E-state index contributed by atoms with van der Waals surface area (Å²) in [6.45, 7) is -1.18.